The molecule has 1 rings (SSSR count). The highest BCUT2D eigenvalue weighted by molar-refractivity contribution is 9.08. The van der Waals surface area contributed by atoms with Crippen LogP contribution in [0.1, 0.15) is 45.1 Å². The monoisotopic (exact) mass is 450 g/mol. The van der Waals surface area contributed by atoms with Crippen molar-refractivity contribution in [1.82, 2.24) is 10.1 Å². The number of hydrogen-bond donors (Lipinski definition) is 0. The molecule has 0 aromatic carbocycles. The molecular weight excluding hydrogens is 428 g/mol. The number of rotatable bonds is 6. The molecule has 0 aliphatic heterocycles. The van der Waals surface area contributed by atoms with Crippen LogP contribution in [0, 0.1) is 0 Å². The van der Waals surface area contributed by atoms with Crippen LogP contribution < -0.4 is 4.74 Å². The number of carbonyl (C=O) groups is 3. The zero-order valence-electron chi connectivity index (χ0n) is 16.0. The molecule has 27 heavy (non-hydrogen) atoms. The van der Waals surface area contributed by atoms with E-state index in [0.717, 1.165) is 7.11 Å². The van der Waals surface area contributed by atoms with Gasteiger partial charge in [0.05, 0.1) is 31.7 Å². The number of hydrogen-bond acceptors (Lipinski definition) is 9. The number of halogens is 1. The minimum atomic E-state index is -1.58. The molecule has 0 fully saturated rings. The van der Waals surface area contributed by atoms with Gasteiger partial charge >= 0.3 is 18.2 Å². The second-order valence-corrected chi connectivity index (χ2v) is 6.70. The van der Waals surface area contributed by atoms with Crippen molar-refractivity contribution in [3.8, 4) is 5.88 Å². The highest BCUT2D eigenvalue weighted by atomic mass is 79.9. The highest BCUT2D eigenvalue weighted by Gasteiger charge is 2.45. The average Bonchev–Trinajstić information content (AvgIpc) is 2.99. The van der Waals surface area contributed by atoms with Crippen molar-refractivity contribution in [3.05, 3.63) is 11.3 Å². The van der Waals surface area contributed by atoms with Gasteiger partial charge in [-0.05, 0) is 32.9 Å². The lowest BCUT2D eigenvalue weighted by atomic mass is 10.1. The van der Waals surface area contributed by atoms with E-state index in [9.17, 15) is 14.4 Å². The Morgan fingerprint density at radius 2 is 1.85 bits per heavy atom. The lowest BCUT2D eigenvalue weighted by Crippen LogP contribution is -2.46. The second kappa shape index (κ2) is 9.58. The molecule has 0 aliphatic rings. The molecule has 10 nitrogen and oxygen atoms in total. The predicted octanol–water partition coefficient (Wildman–Crippen LogP) is 3.19. The number of ether oxygens (including phenoxy) is 4. The van der Waals surface area contributed by atoms with Gasteiger partial charge < -0.3 is 23.5 Å². The smallest absolute Gasteiger partial charge is 0.420 e. The van der Waals surface area contributed by atoms with Gasteiger partial charge in [-0.1, -0.05) is 15.9 Å². The van der Waals surface area contributed by atoms with Gasteiger partial charge in [0.2, 0.25) is 0 Å². The molecule has 0 aliphatic carbocycles. The quantitative estimate of drug-likeness (QED) is 0.365. The molecule has 152 valence electrons. The van der Waals surface area contributed by atoms with Crippen molar-refractivity contribution < 1.29 is 37.9 Å². The van der Waals surface area contributed by atoms with E-state index in [1.807, 2.05) is 0 Å². The summed E-state index contributed by atoms with van der Waals surface area (Å²) in [6.45, 7) is 6.44. The van der Waals surface area contributed by atoms with Crippen molar-refractivity contribution >= 4 is 34.1 Å². The first-order valence-electron chi connectivity index (χ1n) is 7.96. The fourth-order valence-electron chi connectivity index (χ4n) is 2.10. The molecule has 0 bridgehead atoms. The number of carbonyl (C=O) groups excluding carboxylic acids is 3. The van der Waals surface area contributed by atoms with E-state index in [4.69, 9.17) is 18.7 Å². The van der Waals surface area contributed by atoms with Crippen LogP contribution in [0.3, 0.4) is 0 Å². The number of imide groups is 1. The largest absolute Gasteiger partial charge is 0.479 e. The Balaban J connectivity index is 3.58. The first-order chi connectivity index (χ1) is 12.6. The van der Waals surface area contributed by atoms with Crippen LogP contribution >= 0.6 is 15.9 Å². The molecule has 1 aromatic rings. The maximum Gasteiger partial charge on any atom is 0.420 e. The van der Waals surface area contributed by atoms with Gasteiger partial charge in [0.25, 0.3) is 5.88 Å². The Labute approximate surface area is 165 Å². The SMILES string of the molecule is CCOC(=O)C(c1c(OC)noc1CBr)N(C(=O)OC)C(=O)OC(C)(C)C. The number of methoxy groups -OCH3 is 2. The van der Waals surface area contributed by atoms with E-state index in [-0.39, 0.29) is 29.1 Å². The predicted molar refractivity (Wildman–Crippen MR) is 95.5 cm³/mol. The molecule has 0 radical (unpaired) electrons. The van der Waals surface area contributed by atoms with Crippen LogP contribution in [0.25, 0.3) is 0 Å². The summed E-state index contributed by atoms with van der Waals surface area (Å²) in [5.74, 6) is -0.820. The van der Waals surface area contributed by atoms with Crippen molar-refractivity contribution in [3.63, 3.8) is 0 Å². The Kier molecular flexibility index (Phi) is 8.07. The van der Waals surface area contributed by atoms with Gasteiger partial charge in [0.15, 0.2) is 11.8 Å². The van der Waals surface area contributed by atoms with E-state index in [1.165, 1.54) is 7.11 Å². The summed E-state index contributed by atoms with van der Waals surface area (Å²) in [7, 11) is 2.37. The third kappa shape index (κ3) is 5.59. The average molecular weight is 451 g/mol. The molecule has 1 unspecified atom stereocenters. The number of esters is 1. The number of aromatic nitrogens is 1. The molecular formula is C16H23BrN2O8. The number of amides is 2. The van der Waals surface area contributed by atoms with Crippen LogP contribution in [0.5, 0.6) is 5.88 Å². The first kappa shape index (κ1) is 22.7. The minimum absolute atomic E-state index is 0.00983. The molecule has 0 saturated heterocycles. The maximum absolute atomic E-state index is 12.7. The summed E-state index contributed by atoms with van der Waals surface area (Å²) < 4.78 is 25.2. The molecule has 1 aromatic heterocycles. The van der Waals surface area contributed by atoms with Gasteiger partial charge in [-0.3, -0.25) is 0 Å². The first-order valence-corrected chi connectivity index (χ1v) is 9.08. The van der Waals surface area contributed by atoms with Gasteiger partial charge in [0, 0.05) is 0 Å². The summed E-state index contributed by atoms with van der Waals surface area (Å²) in [5.41, 5.74) is -0.886. The lowest BCUT2D eigenvalue weighted by molar-refractivity contribution is -0.149. The van der Waals surface area contributed by atoms with E-state index < -0.39 is 29.8 Å². The minimum Gasteiger partial charge on any atom is -0.479 e. The fourth-order valence-corrected chi connectivity index (χ4v) is 2.50. The molecule has 1 atom stereocenters. The van der Waals surface area contributed by atoms with Crippen molar-refractivity contribution in [2.75, 3.05) is 20.8 Å². The van der Waals surface area contributed by atoms with Gasteiger partial charge in [-0.15, -0.1) is 0 Å². The van der Waals surface area contributed by atoms with Crippen molar-refractivity contribution in [2.45, 2.75) is 44.7 Å². The molecule has 0 saturated carbocycles. The van der Waals surface area contributed by atoms with Crippen LogP contribution in [-0.4, -0.2) is 54.6 Å². The topological polar surface area (TPSA) is 117 Å². The van der Waals surface area contributed by atoms with Gasteiger partial charge in [-0.25, -0.2) is 14.4 Å². The van der Waals surface area contributed by atoms with E-state index in [0.29, 0.717) is 4.90 Å². The fraction of sp³-hybridized carbons (Fsp3) is 0.625. The number of nitrogens with zero attached hydrogens (tertiary/aromatic N) is 2. The molecule has 11 heteroatoms. The lowest BCUT2D eigenvalue weighted by Gasteiger charge is -2.29. The Hall–Kier alpha value is -2.30. The third-order valence-corrected chi connectivity index (χ3v) is 3.60. The van der Waals surface area contributed by atoms with Crippen molar-refractivity contribution in [2.24, 2.45) is 0 Å². The van der Waals surface area contributed by atoms with E-state index in [1.54, 1.807) is 27.7 Å². The third-order valence-electron chi connectivity index (χ3n) is 3.09. The van der Waals surface area contributed by atoms with Crippen LogP contribution in [0.2, 0.25) is 0 Å². The number of alkyl halides is 1. The summed E-state index contributed by atoms with van der Waals surface area (Å²) in [6.07, 6.45) is -2.22. The second-order valence-electron chi connectivity index (χ2n) is 6.14. The molecule has 1 heterocycles. The van der Waals surface area contributed by atoms with Crippen LogP contribution in [-0.2, 0) is 24.3 Å². The van der Waals surface area contributed by atoms with Crippen LogP contribution in [0.4, 0.5) is 9.59 Å². The molecule has 0 N–H and O–H groups in total. The normalized spacial score (nSPS) is 12.1. The van der Waals surface area contributed by atoms with E-state index >= 15 is 0 Å². The van der Waals surface area contributed by atoms with Gasteiger partial charge in [-0.2, -0.15) is 4.90 Å². The standard InChI is InChI=1S/C16H23BrN2O8/c1-7-25-13(20)11(10-9(8-17)27-18-12(10)23-5)19(14(21)24-6)15(22)26-16(2,3)4/h11H,7-8H2,1-6H3. The Morgan fingerprint density at radius 1 is 1.22 bits per heavy atom. The van der Waals surface area contributed by atoms with Gasteiger partial charge in [0.1, 0.15) is 5.60 Å². The summed E-state index contributed by atoms with van der Waals surface area (Å²) >= 11 is 3.20. The highest BCUT2D eigenvalue weighted by Crippen LogP contribution is 2.35. The summed E-state index contributed by atoms with van der Waals surface area (Å²) in [4.78, 5) is 38.3. The summed E-state index contributed by atoms with van der Waals surface area (Å²) in [6, 6.07) is -1.58. The van der Waals surface area contributed by atoms with Crippen molar-refractivity contribution in [1.29, 1.82) is 0 Å². The Bertz CT molecular complexity index is 661. The zero-order chi connectivity index (χ0) is 20.8. The Morgan fingerprint density at radius 3 is 2.30 bits per heavy atom. The zero-order valence-corrected chi connectivity index (χ0v) is 17.6. The van der Waals surface area contributed by atoms with E-state index in [2.05, 4.69) is 25.8 Å². The molecule has 2 amide bonds. The molecule has 0 spiro atoms. The summed E-state index contributed by atoms with van der Waals surface area (Å²) in [5, 5.41) is 3.84. The maximum atomic E-state index is 12.7. The van der Waals surface area contributed by atoms with Crippen LogP contribution in [0.15, 0.2) is 4.52 Å².